The van der Waals surface area contributed by atoms with E-state index < -0.39 is 0 Å². The lowest BCUT2D eigenvalue weighted by molar-refractivity contribution is -0.143. The zero-order chi connectivity index (χ0) is 11.8. The number of carbonyl (C=O) groups excluding carboxylic acids is 1. The third-order valence-corrected chi connectivity index (χ3v) is 2.96. The minimum absolute atomic E-state index is 0.253. The number of hydrogen-bond acceptors (Lipinski definition) is 4. The summed E-state index contributed by atoms with van der Waals surface area (Å²) in [5.41, 5.74) is 8.45. The molecule has 1 atom stereocenters. The van der Waals surface area contributed by atoms with Crippen LogP contribution in [0.5, 0.6) is 0 Å². The predicted octanol–water partition coefficient (Wildman–Crippen LogP) is 3.44. The molecular formula is C10H13N3O2S. The molecule has 0 radical (unpaired) electrons. The molecule has 1 rings (SSSR count). The van der Waals surface area contributed by atoms with Crippen molar-refractivity contribution in [1.82, 2.24) is 0 Å². The number of hydrogen-bond donors (Lipinski definition) is 0. The van der Waals surface area contributed by atoms with Crippen molar-refractivity contribution in [2.75, 3.05) is 6.61 Å². The molecule has 0 amide bonds. The Kier molecular flexibility index (Phi) is 5.39. The monoisotopic (exact) mass is 239 g/mol. The van der Waals surface area contributed by atoms with Crippen LogP contribution >= 0.6 is 11.3 Å². The van der Waals surface area contributed by atoms with E-state index in [2.05, 4.69) is 10.0 Å². The molecule has 0 aliphatic heterocycles. The number of ether oxygens (including phenoxy) is 1. The topological polar surface area (TPSA) is 75.1 Å². The third kappa shape index (κ3) is 3.92. The van der Waals surface area contributed by atoms with E-state index in [4.69, 9.17) is 10.3 Å². The predicted molar refractivity (Wildman–Crippen MR) is 62.1 cm³/mol. The van der Waals surface area contributed by atoms with Crippen LogP contribution < -0.4 is 0 Å². The van der Waals surface area contributed by atoms with Crippen molar-refractivity contribution in [1.29, 1.82) is 0 Å². The third-order valence-electron chi connectivity index (χ3n) is 1.99. The molecule has 1 heterocycles. The molecule has 1 unspecified atom stereocenters. The van der Waals surface area contributed by atoms with Gasteiger partial charge in [0.15, 0.2) is 0 Å². The molecule has 6 heteroatoms. The van der Waals surface area contributed by atoms with Gasteiger partial charge >= 0.3 is 5.97 Å². The maximum atomic E-state index is 11.2. The fraction of sp³-hybridized carbons (Fsp3) is 0.500. The SMILES string of the molecule is CCOC(=O)CCC(N=[N+]=[N-])c1cccs1. The van der Waals surface area contributed by atoms with E-state index in [0.717, 1.165) is 4.88 Å². The molecule has 0 bridgehead atoms. The van der Waals surface area contributed by atoms with E-state index in [0.29, 0.717) is 13.0 Å². The van der Waals surface area contributed by atoms with Gasteiger partial charge in [0.05, 0.1) is 12.6 Å². The molecule has 1 aromatic rings. The lowest BCUT2D eigenvalue weighted by Gasteiger charge is -2.07. The second-order valence-electron chi connectivity index (χ2n) is 3.08. The second-order valence-corrected chi connectivity index (χ2v) is 4.06. The molecule has 0 spiro atoms. The number of azide groups is 1. The van der Waals surface area contributed by atoms with Gasteiger partial charge < -0.3 is 4.74 Å². The van der Waals surface area contributed by atoms with Crippen LogP contribution in [0.3, 0.4) is 0 Å². The zero-order valence-corrected chi connectivity index (χ0v) is 9.81. The van der Waals surface area contributed by atoms with Gasteiger partial charge in [0, 0.05) is 16.2 Å². The van der Waals surface area contributed by atoms with Gasteiger partial charge in [0.1, 0.15) is 0 Å². The van der Waals surface area contributed by atoms with Crippen molar-refractivity contribution in [3.8, 4) is 0 Å². The smallest absolute Gasteiger partial charge is 0.305 e. The van der Waals surface area contributed by atoms with Crippen molar-refractivity contribution < 1.29 is 9.53 Å². The summed E-state index contributed by atoms with van der Waals surface area (Å²) in [5, 5.41) is 5.60. The van der Waals surface area contributed by atoms with E-state index in [1.54, 1.807) is 6.92 Å². The molecule has 0 saturated heterocycles. The van der Waals surface area contributed by atoms with Gasteiger partial charge in [0.2, 0.25) is 0 Å². The molecule has 0 aliphatic rings. The van der Waals surface area contributed by atoms with Crippen LogP contribution in [-0.4, -0.2) is 12.6 Å². The standard InChI is InChI=1S/C10H13N3O2S/c1-2-15-10(14)6-5-8(12-13-11)9-4-3-7-16-9/h3-4,7-8H,2,5-6H2,1H3. The maximum absolute atomic E-state index is 11.2. The lowest BCUT2D eigenvalue weighted by atomic mass is 10.1. The fourth-order valence-electron chi connectivity index (χ4n) is 1.29. The van der Waals surface area contributed by atoms with E-state index in [9.17, 15) is 4.79 Å². The van der Waals surface area contributed by atoms with Crippen LogP contribution in [0.2, 0.25) is 0 Å². The molecule has 0 N–H and O–H groups in total. The van der Waals surface area contributed by atoms with Gasteiger partial charge in [-0.1, -0.05) is 11.2 Å². The second kappa shape index (κ2) is 6.87. The number of esters is 1. The first-order chi connectivity index (χ1) is 7.77. The first-order valence-corrected chi connectivity index (χ1v) is 5.89. The van der Waals surface area contributed by atoms with Crippen LogP contribution in [0.1, 0.15) is 30.7 Å². The Labute approximate surface area is 97.7 Å². The first kappa shape index (κ1) is 12.5. The lowest BCUT2D eigenvalue weighted by Crippen LogP contribution is -2.05. The zero-order valence-electron chi connectivity index (χ0n) is 9.00. The summed E-state index contributed by atoms with van der Waals surface area (Å²) in [5.74, 6) is -0.253. The number of rotatable bonds is 6. The molecule has 0 fully saturated rings. The summed E-state index contributed by atoms with van der Waals surface area (Å²) < 4.78 is 4.82. The molecule has 16 heavy (non-hydrogen) atoms. The number of thiophene rings is 1. The summed E-state index contributed by atoms with van der Waals surface area (Å²) in [6.07, 6.45) is 0.763. The summed E-state index contributed by atoms with van der Waals surface area (Å²) in [7, 11) is 0. The van der Waals surface area contributed by atoms with Gasteiger partial charge in [0.25, 0.3) is 0 Å². The Morgan fingerprint density at radius 2 is 2.56 bits per heavy atom. The normalized spacial score (nSPS) is 11.6. The highest BCUT2D eigenvalue weighted by Gasteiger charge is 2.13. The van der Waals surface area contributed by atoms with Crippen molar-refractivity contribution in [2.45, 2.75) is 25.8 Å². The van der Waals surface area contributed by atoms with Crippen LogP contribution in [-0.2, 0) is 9.53 Å². The van der Waals surface area contributed by atoms with Crippen LogP contribution in [0, 0.1) is 0 Å². The van der Waals surface area contributed by atoms with Gasteiger partial charge in [-0.2, -0.15) is 0 Å². The molecule has 0 saturated carbocycles. The molecule has 0 aromatic carbocycles. The Hall–Kier alpha value is -1.52. The molecule has 0 aliphatic carbocycles. The number of nitrogens with zero attached hydrogens (tertiary/aromatic N) is 3. The summed E-state index contributed by atoms with van der Waals surface area (Å²) in [6.45, 7) is 2.14. The molecule has 86 valence electrons. The van der Waals surface area contributed by atoms with Crippen molar-refractivity contribution in [3.05, 3.63) is 32.8 Å². The summed E-state index contributed by atoms with van der Waals surface area (Å²) in [6, 6.07) is 3.52. The molecule has 1 aromatic heterocycles. The van der Waals surface area contributed by atoms with Crippen LogP contribution in [0.4, 0.5) is 0 Å². The van der Waals surface area contributed by atoms with E-state index in [1.807, 2.05) is 17.5 Å². The minimum atomic E-state index is -0.269. The van der Waals surface area contributed by atoms with Gasteiger partial charge in [-0.3, -0.25) is 4.79 Å². The quantitative estimate of drug-likeness (QED) is 0.330. The van der Waals surface area contributed by atoms with Crippen LogP contribution in [0.15, 0.2) is 22.6 Å². The Morgan fingerprint density at radius 3 is 3.12 bits per heavy atom. The van der Waals surface area contributed by atoms with Gasteiger partial charge in [-0.25, -0.2) is 0 Å². The van der Waals surface area contributed by atoms with Crippen molar-refractivity contribution >= 4 is 17.3 Å². The average molecular weight is 239 g/mol. The van der Waals surface area contributed by atoms with Crippen molar-refractivity contribution in [2.24, 2.45) is 5.11 Å². The first-order valence-electron chi connectivity index (χ1n) is 5.01. The average Bonchev–Trinajstić information content (AvgIpc) is 2.78. The highest BCUT2D eigenvalue weighted by molar-refractivity contribution is 7.10. The summed E-state index contributed by atoms with van der Waals surface area (Å²) >= 11 is 1.52. The molecule has 5 nitrogen and oxygen atoms in total. The highest BCUT2D eigenvalue weighted by atomic mass is 32.1. The highest BCUT2D eigenvalue weighted by Crippen LogP contribution is 2.27. The van der Waals surface area contributed by atoms with E-state index in [-0.39, 0.29) is 18.4 Å². The summed E-state index contributed by atoms with van der Waals surface area (Å²) in [4.78, 5) is 14.9. The molecular weight excluding hydrogens is 226 g/mol. The van der Waals surface area contributed by atoms with Gasteiger partial charge in [-0.15, -0.1) is 11.3 Å². The Bertz CT molecular complexity index is 371. The fourth-order valence-corrected chi connectivity index (χ4v) is 2.08. The Balaban J connectivity index is 2.53. The Morgan fingerprint density at radius 1 is 1.75 bits per heavy atom. The van der Waals surface area contributed by atoms with Gasteiger partial charge in [-0.05, 0) is 30.3 Å². The van der Waals surface area contributed by atoms with Crippen LogP contribution in [0.25, 0.3) is 10.4 Å². The van der Waals surface area contributed by atoms with E-state index >= 15 is 0 Å². The van der Waals surface area contributed by atoms with E-state index in [1.165, 1.54) is 11.3 Å². The van der Waals surface area contributed by atoms with Crippen molar-refractivity contribution in [3.63, 3.8) is 0 Å². The minimum Gasteiger partial charge on any atom is -0.466 e. The number of carbonyl (C=O) groups is 1. The maximum Gasteiger partial charge on any atom is 0.305 e. The largest absolute Gasteiger partial charge is 0.466 e.